The van der Waals surface area contributed by atoms with E-state index in [9.17, 15) is 4.79 Å². The Morgan fingerprint density at radius 1 is 1.28 bits per heavy atom. The number of rotatable bonds is 6. The Bertz CT molecular complexity index is 750. The Labute approximate surface area is 153 Å². The molecule has 1 aromatic carbocycles. The summed E-state index contributed by atoms with van der Waals surface area (Å²) in [7, 11) is 0. The molecule has 0 N–H and O–H groups in total. The summed E-state index contributed by atoms with van der Waals surface area (Å²) in [6, 6.07) is 8.20. The zero-order valence-electron chi connectivity index (χ0n) is 14.6. The summed E-state index contributed by atoms with van der Waals surface area (Å²) in [5, 5.41) is 9.44. The van der Waals surface area contributed by atoms with Crippen LogP contribution < -0.4 is 0 Å². The van der Waals surface area contributed by atoms with Crippen LogP contribution in [0.5, 0.6) is 0 Å². The number of piperidine rings is 1. The zero-order chi connectivity index (χ0) is 17.6. The number of hydrogen-bond acceptors (Lipinski definition) is 4. The number of nitrogens with zero attached hydrogens (tertiary/aromatic N) is 4. The van der Waals surface area contributed by atoms with Gasteiger partial charge in [-0.1, -0.05) is 41.6 Å². The van der Waals surface area contributed by atoms with Gasteiger partial charge in [0.1, 0.15) is 0 Å². The van der Waals surface area contributed by atoms with Crippen LogP contribution in [0.1, 0.15) is 24.8 Å². The summed E-state index contributed by atoms with van der Waals surface area (Å²) < 4.78 is 2.02. The van der Waals surface area contributed by atoms with Crippen LogP contribution in [-0.2, 0) is 11.3 Å². The van der Waals surface area contributed by atoms with E-state index >= 15 is 0 Å². The van der Waals surface area contributed by atoms with E-state index < -0.39 is 0 Å². The van der Waals surface area contributed by atoms with Gasteiger partial charge in [-0.25, -0.2) is 0 Å². The Kier molecular flexibility index (Phi) is 5.91. The fraction of sp³-hybridized carbons (Fsp3) is 0.421. The molecule has 0 saturated carbocycles. The number of benzene rings is 1. The number of aromatic nitrogens is 3. The van der Waals surface area contributed by atoms with Crippen LogP contribution in [0, 0.1) is 6.92 Å². The number of thioether (sulfide) groups is 1. The average Bonchev–Trinajstić information content (AvgIpc) is 3.03. The summed E-state index contributed by atoms with van der Waals surface area (Å²) in [6.07, 6.45) is 5.28. The molecule has 1 aliphatic heterocycles. The van der Waals surface area contributed by atoms with E-state index in [0.29, 0.717) is 12.3 Å². The Hall–Kier alpha value is -2.08. The van der Waals surface area contributed by atoms with Crippen molar-refractivity contribution in [2.45, 2.75) is 37.9 Å². The summed E-state index contributed by atoms with van der Waals surface area (Å²) in [4.78, 5) is 14.4. The molecule has 1 aliphatic rings. The zero-order valence-corrected chi connectivity index (χ0v) is 15.5. The minimum atomic E-state index is 0.190. The molecule has 25 heavy (non-hydrogen) atoms. The summed E-state index contributed by atoms with van der Waals surface area (Å²) in [5.41, 5.74) is 2.21. The fourth-order valence-corrected chi connectivity index (χ4v) is 3.90. The van der Waals surface area contributed by atoms with Gasteiger partial charge in [0.05, 0.1) is 5.75 Å². The SMILES string of the molecule is C=CCn1c(SCC(=O)N2CCCCC2)nnc1-c1cccc(C)c1. The molecule has 5 nitrogen and oxygen atoms in total. The van der Waals surface area contributed by atoms with Crippen molar-refractivity contribution >= 4 is 17.7 Å². The van der Waals surface area contributed by atoms with Crippen LogP contribution in [0.3, 0.4) is 0 Å². The van der Waals surface area contributed by atoms with Crippen molar-refractivity contribution < 1.29 is 4.79 Å². The molecule has 0 aliphatic carbocycles. The third-order valence-corrected chi connectivity index (χ3v) is 5.29. The molecular formula is C19H24N4OS. The maximum atomic E-state index is 12.4. The second-order valence-corrected chi connectivity index (χ2v) is 7.25. The van der Waals surface area contributed by atoms with Crippen LogP contribution >= 0.6 is 11.8 Å². The number of hydrogen-bond donors (Lipinski definition) is 0. The first kappa shape index (κ1) is 17.7. The molecule has 3 rings (SSSR count). The molecule has 0 spiro atoms. The lowest BCUT2D eigenvalue weighted by molar-refractivity contribution is -0.129. The van der Waals surface area contributed by atoms with E-state index in [1.807, 2.05) is 27.7 Å². The first-order valence-electron chi connectivity index (χ1n) is 8.71. The van der Waals surface area contributed by atoms with Crippen molar-refractivity contribution in [2.75, 3.05) is 18.8 Å². The van der Waals surface area contributed by atoms with Gasteiger partial charge in [0.15, 0.2) is 11.0 Å². The largest absolute Gasteiger partial charge is 0.342 e. The van der Waals surface area contributed by atoms with Gasteiger partial charge in [-0.15, -0.1) is 16.8 Å². The highest BCUT2D eigenvalue weighted by Crippen LogP contribution is 2.25. The van der Waals surface area contributed by atoms with E-state index in [1.54, 1.807) is 0 Å². The highest BCUT2D eigenvalue weighted by Gasteiger charge is 2.19. The van der Waals surface area contributed by atoms with Crippen LogP contribution in [0.2, 0.25) is 0 Å². The van der Waals surface area contributed by atoms with E-state index in [-0.39, 0.29) is 5.91 Å². The van der Waals surface area contributed by atoms with Crippen molar-refractivity contribution in [3.05, 3.63) is 42.5 Å². The number of carbonyl (C=O) groups is 1. The molecule has 2 heterocycles. The van der Waals surface area contributed by atoms with E-state index in [0.717, 1.165) is 42.5 Å². The van der Waals surface area contributed by atoms with E-state index in [2.05, 4.69) is 35.8 Å². The van der Waals surface area contributed by atoms with Gasteiger partial charge in [0.25, 0.3) is 0 Å². The monoisotopic (exact) mass is 356 g/mol. The van der Waals surface area contributed by atoms with Crippen LogP contribution in [0.25, 0.3) is 11.4 Å². The Balaban J connectivity index is 1.75. The Morgan fingerprint density at radius 3 is 2.80 bits per heavy atom. The molecule has 132 valence electrons. The molecule has 0 atom stereocenters. The van der Waals surface area contributed by atoms with Crippen LogP contribution in [-0.4, -0.2) is 44.4 Å². The average molecular weight is 356 g/mol. The topological polar surface area (TPSA) is 51.0 Å². The maximum Gasteiger partial charge on any atom is 0.233 e. The molecule has 6 heteroatoms. The lowest BCUT2D eigenvalue weighted by Gasteiger charge is -2.26. The van der Waals surface area contributed by atoms with E-state index in [4.69, 9.17) is 0 Å². The lowest BCUT2D eigenvalue weighted by Crippen LogP contribution is -2.36. The van der Waals surface area contributed by atoms with Crippen molar-refractivity contribution in [1.29, 1.82) is 0 Å². The van der Waals surface area contributed by atoms with Crippen LogP contribution in [0.15, 0.2) is 42.1 Å². The van der Waals surface area contributed by atoms with Crippen molar-refractivity contribution in [1.82, 2.24) is 19.7 Å². The number of amides is 1. The van der Waals surface area contributed by atoms with Gasteiger partial charge in [-0.05, 0) is 32.3 Å². The molecule has 1 aromatic heterocycles. The van der Waals surface area contributed by atoms with Gasteiger partial charge in [0.2, 0.25) is 5.91 Å². The highest BCUT2D eigenvalue weighted by molar-refractivity contribution is 7.99. The summed E-state index contributed by atoms with van der Waals surface area (Å²) >= 11 is 1.46. The number of likely N-dealkylation sites (tertiary alicyclic amines) is 1. The standard InChI is InChI=1S/C19H24N4OS/c1-3-10-23-18(16-9-7-8-15(2)13-16)20-21-19(23)25-14-17(24)22-11-5-4-6-12-22/h3,7-9,13H,1,4-6,10-12,14H2,2H3. The van der Waals surface area contributed by atoms with Gasteiger partial charge >= 0.3 is 0 Å². The van der Waals surface area contributed by atoms with Gasteiger partial charge in [-0.2, -0.15) is 0 Å². The quantitative estimate of drug-likeness (QED) is 0.587. The minimum Gasteiger partial charge on any atom is -0.342 e. The normalized spacial score (nSPS) is 14.5. The molecule has 1 amide bonds. The predicted octanol–water partition coefficient (Wildman–Crippen LogP) is 3.54. The number of allylic oxidation sites excluding steroid dienone is 1. The minimum absolute atomic E-state index is 0.190. The second kappa shape index (κ2) is 8.34. The number of aryl methyl sites for hydroxylation is 1. The molecule has 0 bridgehead atoms. The summed E-state index contributed by atoms with van der Waals surface area (Å²) in [5.74, 6) is 1.41. The molecule has 1 saturated heterocycles. The van der Waals surface area contributed by atoms with Gasteiger partial charge < -0.3 is 4.90 Å². The van der Waals surface area contributed by atoms with Crippen molar-refractivity contribution in [3.8, 4) is 11.4 Å². The molecule has 2 aromatic rings. The van der Waals surface area contributed by atoms with Crippen molar-refractivity contribution in [2.24, 2.45) is 0 Å². The van der Waals surface area contributed by atoms with Gasteiger partial charge in [0, 0.05) is 25.2 Å². The molecule has 0 radical (unpaired) electrons. The Morgan fingerprint density at radius 2 is 2.08 bits per heavy atom. The number of carbonyl (C=O) groups excluding carboxylic acids is 1. The third kappa shape index (κ3) is 4.31. The van der Waals surface area contributed by atoms with Crippen molar-refractivity contribution in [3.63, 3.8) is 0 Å². The fourth-order valence-electron chi connectivity index (χ4n) is 3.05. The molecule has 1 fully saturated rings. The second-order valence-electron chi connectivity index (χ2n) is 6.31. The smallest absolute Gasteiger partial charge is 0.233 e. The highest BCUT2D eigenvalue weighted by atomic mass is 32.2. The van der Waals surface area contributed by atoms with Gasteiger partial charge in [-0.3, -0.25) is 9.36 Å². The third-order valence-electron chi connectivity index (χ3n) is 4.34. The summed E-state index contributed by atoms with van der Waals surface area (Å²) in [6.45, 7) is 8.28. The maximum absolute atomic E-state index is 12.4. The first-order chi connectivity index (χ1) is 12.2. The lowest BCUT2D eigenvalue weighted by atomic mass is 10.1. The molecular weight excluding hydrogens is 332 g/mol. The molecule has 0 unspecified atom stereocenters. The first-order valence-corrected chi connectivity index (χ1v) is 9.69. The predicted molar refractivity (Wildman–Crippen MR) is 102 cm³/mol. The van der Waals surface area contributed by atoms with E-state index in [1.165, 1.54) is 23.7 Å². The van der Waals surface area contributed by atoms with Crippen LogP contribution in [0.4, 0.5) is 0 Å².